The zero-order valence-electron chi connectivity index (χ0n) is 45.7. The molecule has 0 bridgehead atoms. The number of nitrogens with zero attached hydrogens (tertiary/aromatic N) is 2. The van der Waals surface area contributed by atoms with Crippen molar-refractivity contribution in [1.82, 2.24) is 36.4 Å². The molecule has 3 saturated heterocycles. The Kier molecular flexibility index (Phi) is 28.2. The minimum absolute atomic E-state index is 0.0243. The lowest BCUT2D eigenvalue weighted by Gasteiger charge is -2.34. The van der Waals surface area contributed by atoms with Gasteiger partial charge in [0.15, 0.2) is 17.7 Å². The Labute approximate surface area is 472 Å². The summed E-state index contributed by atoms with van der Waals surface area (Å²) in [6.07, 6.45) is -5.73. The molecule has 8 amide bonds. The number of carbonyl (C=O) groups is 8. The lowest BCUT2D eigenvalue weighted by Crippen LogP contribution is -2.64. The number of phenolic OH excluding ortho intramolecular Hbond substituents is 1. The predicted molar refractivity (Wildman–Crippen MR) is 283 cm³/mol. The predicted octanol–water partition coefficient (Wildman–Crippen LogP) is -2.44. The molecule has 15 atom stereocenters. The number of aliphatic hydroxyl groups is 8. The Bertz CT molecular complexity index is 2260. The third kappa shape index (κ3) is 20.1. The van der Waals surface area contributed by atoms with Crippen LogP contribution in [0.4, 0.5) is 0 Å². The fraction of sp³-hybridized carbons (Fsp3) is 0.725. The minimum Gasteiger partial charge on any atom is -0.504 e. The zero-order valence-corrected chi connectivity index (χ0v) is 46.5. The maximum Gasteiger partial charge on any atom is 0.261 e. The van der Waals surface area contributed by atoms with Gasteiger partial charge in [0.05, 0.1) is 30.8 Å². The fourth-order valence-electron chi connectivity index (χ4n) is 10.0. The summed E-state index contributed by atoms with van der Waals surface area (Å²) in [7, 11) is 0. The van der Waals surface area contributed by atoms with E-state index in [1.807, 2.05) is 0 Å². The second kappa shape index (κ2) is 33.6. The van der Waals surface area contributed by atoms with Crippen LogP contribution in [0.3, 0.4) is 0 Å². The van der Waals surface area contributed by atoms with E-state index in [4.69, 9.17) is 15.2 Å². The summed E-state index contributed by atoms with van der Waals surface area (Å²) < 4.78 is 9.16. The van der Waals surface area contributed by atoms with E-state index in [0.29, 0.717) is 17.7 Å². The number of hydrogen-bond donors (Lipinski definition) is 16. The van der Waals surface area contributed by atoms with Crippen LogP contribution in [-0.2, 0) is 47.7 Å². The van der Waals surface area contributed by atoms with Crippen LogP contribution in [-0.4, -0.2) is 200 Å². The number of hydrogen-bond acceptors (Lipinski definition) is 22. The van der Waals surface area contributed by atoms with Crippen LogP contribution in [0, 0.1) is 5.92 Å². The van der Waals surface area contributed by atoms with Gasteiger partial charge in [-0.1, -0.05) is 106 Å². The van der Waals surface area contributed by atoms with Crippen molar-refractivity contribution in [1.29, 1.82) is 0 Å². The van der Waals surface area contributed by atoms with E-state index in [0.717, 1.165) is 62.1 Å². The van der Waals surface area contributed by atoms with Gasteiger partial charge in [0.1, 0.15) is 54.6 Å². The molecule has 458 valence electrons. The molecule has 29 nitrogen and oxygen atoms in total. The van der Waals surface area contributed by atoms with E-state index in [1.165, 1.54) is 45.4 Å². The summed E-state index contributed by atoms with van der Waals surface area (Å²) in [4.78, 5) is 113. The van der Waals surface area contributed by atoms with Crippen LogP contribution in [0.5, 0.6) is 11.5 Å². The monoisotopic (exact) mass is 1170 g/mol. The summed E-state index contributed by atoms with van der Waals surface area (Å²) in [6, 6.07) is -9.52. The number of unbranched alkanes of at least 4 members (excludes halogenated alkanes) is 12. The van der Waals surface area contributed by atoms with E-state index in [2.05, 4.69) is 42.9 Å². The van der Waals surface area contributed by atoms with Crippen molar-refractivity contribution in [3.63, 3.8) is 0 Å². The number of nitrogens with one attached hydrogen (secondary N) is 5. The molecule has 0 radical (unpaired) electrons. The second-order valence-corrected chi connectivity index (χ2v) is 21.5. The van der Waals surface area contributed by atoms with Crippen molar-refractivity contribution < 1.29 is 103 Å². The number of fused-ring (bicyclic) bond motifs is 2. The Morgan fingerprint density at radius 3 is 1.93 bits per heavy atom. The van der Waals surface area contributed by atoms with Gasteiger partial charge in [-0.3, -0.25) is 38.4 Å². The average molecular weight is 1180 g/mol. The summed E-state index contributed by atoms with van der Waals surface area (Å²) in [5.41, 5.74) is 5.00. The minimum atomic E-state index is -2.53. The van der Waals surface area contributed by atoms with E-state index >= 15 is 0 Å². The molecule has 3 heterocycles. The summed E-state index contributed by atoms with van der Waals surface area (Å²) in [5.74, 6) is -12.1. The number of rotatable bonds is 26. The maximum atomic E-state index is 14.6. The lowest BCUT2D eigenvalue weighted by atomic mass is 9.96. The van der Waals surface area contributed by atoms with Crippen molar-refractivity contribution in [3.05, 3.63) is 23.8 Å². The summed E-state index contributed by atoms with van der Waals surface area (Å²) >= 11 is -0.0243. The van der Waals surface area contributed by atoms with Gasteiger partial charge >= 0.3 is 0 Å². The molecule has 81 heavy (non-hydrogen) atoms. The van der Waals surface area contributed by atoms with Crippen LogP contribution in [0.2, 0.25) is 0 Å². The first-order chi connectivity index (χ1) is 38.4. The molecule has 4 rings (SSSR count). The highest BCUT2D eigenvalue weighted by Gasteiger charge is 2.51. The van der Waals surface area contributed by atoms with Gasteiger partial charge in [-0.2, -0.15) is 0 Å². The van der Waals surface area contributed by atoms with Gasteiger partial charge < -0.3 is 92.3 Å². The Morgan fingerprint density at radius 2 is 1.33 bits per heavy atom. The lowest BCUT2D eigenvalue weighted by molar-refractivity contribution is -0.433. The standard InChI is InChI=1S/C51H82N8O21S/c1-4-5-6-7-8-9-10-11-12-13-14-15-16-17-37(66)53-30-22-34(64)47(72)57-49(74)41-42(67)26(2)24-59(41)51(76)39(33(63)23-36(52)65)55-48(73)40(44(69)43(68)28-18-19-32(62)35(20-28)78-81-80-79-77)56-46(71)31-21-29(61)25-58(31)50(75)38(27(3)60)54-45(30)70/h18-20,26-27,29-31,33-34,38-44,47,60-64,67-69,72,77H,4-17,21-25H2,1-3H3,(H2,52,65)(H,53,66)(H,54,70)(H,55,73)(H,56,71)(H,57,74)/t26?,27?,29?,30-,31?,33?,34?,38?,39?,40?,41?,42?,43?,44?,47?/m0/s1. The normalized spacial score (nSPS) is 27.8. The van der Waals surface area contributed by atoms with Crippen LogP contribution in [0.25, 0.3) is 0 Å². The molecule has 30 heteroatoms. The number of carbonyl (C=O) groups excluding carboxylic acids is 8. The topological polar surface area (TPSA) is 459 Å². The van der Waals surface area contributed by atoms with Gasteiger partial charge in [-0.05, 0) is 31.0 Å². The van der Waals surface area contributed by atoms with Crippen molar-refractivity contribution in [2.45, 2.75) is 215 Å². The third-order valence-electron chi connectivity index (χ3n) is 14.6. The number of phenols is 1. The summed E-state index contributed by atoms with van der Waals surface area (Å²) in [6.45, 7) is 3.51. The van der Waals surface area contributed by atoms with E-state index in [-0.39, 0.29) is 24.3 Å². The van der Waals surface area contributed by atoms with Gasteiger partial charge in [-0.15, -0.1) is 0 Å². The maximum absolute atomic E-state index is 14.6. The van der Waals surface area contributed by atoms with Crippen molar-refractivity contribution in [2.24, 2.45) is 11.7 Å². The highest BCUT2D eigenvalue weighted by molar-refractivity contribution is 7.90. The van der Waals surface area contributed by atoms with Crippen LogP contribution < -0.4 is 36.5 Å². The van der Waals surface area contributed by atoms with Crippen molar-refractivity contribution in [3.8, 4) is 11.5 Å². The molecule has 0 saturated carbocycles. The highest BCUT2D eigenvalue weighted by Crippen LogP contribution is 2.34. The third-order valence-corrected chi connectivity index (χ3v) is 15.0. The largest absolute Gasteiger partial charge is 0.504 e. The molecule has 0 aromatic heterocycles. The van der Waals surface area contributed by atoms with E-state index in [1.54, 1.807) is 0 Å². The fourth-order valence-corrected chi connectivity index (χ4v) is 10.3. The second-order valence-electron chi connectivity index (χ2n) is 21.1. The smallest absolute Gasteiger partial charge is 0.261 e. The quantitative estimate of drug-likeness (QED) is 0.0198. The Hall–Kier alpha value is -5.51. The van der Waals surface area contributed by atoms with Gasteiger partial charge in [0, 0.05) is 38.3 Å². The van der Waals surface area contributed by atoms with Crippen LogP contribution in [0.15, 0.2) is 18.2 Å². The molecule has 14 unspecified atom stereocenters. The molecule has 17 N–H and O–H groups in total. The molecule has 0 aliphatic carbocycles. The van der Waals surface area contributed by atoms with Crippen molar-refractivity contribution >= 4 is 59.6 Å². The van der Waals surface area contributed by atoms with Crippen molar-refractivity contribution in [2.75, 3.05) is 13.1 Å². The first kappa shape index (κ1) is 68.0. The molecular formula is C51H82N8O21S. The number of aliphatic hydroxyl groups excluding tert-OH is 8. The first-order valence-corrected chi connectivity index (χ1v) is 28.1. The Morgan fingerprint density at radius 1 is 0.753 bits per heavy atom. The Balaban J connectivity index is 1.72. The number of benzene rings is 1. The molecule has 1 aromatic rings. The summed E-state index contributed by atoms with van der Waals surface area (Å²) in [5, 5.41) is 124. The molecule has 1 aromatic carbocycles. The van der Waals surface area contributed by atoms with E-state index in [9.17, 15) is 84.3 Å². The molecule has 3 aliphatic heterocycles. The van der Waals surface area contributed by atoms with Crippen LogP contribution >= 0.6 is 12.3 Å². The molecular weight excluding hydrogens is 1090 g/mol. The highest BCUT2D eigenvalue weighted by atomic mass is 32.2. The molecule has 3 fully saturated rings. The number of aromatic hydroxyl groups is 1. The number of primary amides is 1. The van der Waals surface area contributed by atoms with Crippen LogP contribution in [0.1, 0.15) is 142 Å². The van der Waals surface area contributed by atoms with E-state index < -0.39 is 182 Å². The number of amides is 8. The van der Waals surface area contributed by atoms with Gasteiger partial charge in [-0.25, -0.2) is 5.26 Å². The van der Waals surface area contributed by atoms with Gasteiger partial charge in [0.2, 0.25) is 47.3 Å². The van der Waals surface area contributed by atoms with Gasteiger partial charge in [0.25, 0.3) is 12.3 Å². The molecule has 3 aliphatic rings. The zero-order chi connectivity index (χ0) is 60.1. The molecule has 0 spiro atoms. The SMILES string of the molecule is CCCCCCCCCCCCCCCC(=O)N[C@H]1CC(O)C(O)NC(=O)C2C(O)C(C)CN2C(=O)C(C(O)CC(N)=O)NC(=O)C(C(O)C(O)c2ccc(O)c(OSOOO)c2)NC(=O)C2CC(O)CN2C(=O)C(C(C)O)NC1=O. The number of nitrogens with two attached hydrogens (primary N) is 1. The average Bonchev–Trinajstić information content (AvgIpc) is 3.99. The first-order valence-electron chi connectivity index (χ1n) is 27.4.